The predicted octanol–water partition coefficient (Wildman–Crippen LogP) is 0.816. The summed E-state index contributed by atoms with van der Waals surface area (Å²) in [6.07, 6.45) is 1.12. The average molecular weight is 252 g/mol. The van der Waals surface area contributed by atoms with E-state index >= 15 is 0 Å². The molecule has 94 valence electrons. The van der Waals surface area contributed by atoms with E-state index in [0.717, 1.165) is 25.2 Å². The molecule has 0 aliphatic rings. The van der Waals surface area contributed by atoms with Crippen molar-refractivity contribution in [2.24, 2.45) is 0 Å². The second-order valence-electron chi connectivity index (χ2n) is 4.51. The molecule has 0 saturated carbocycles. The first-order valence-electron chi connectivity index (χ1n) is 5.99. The monoisotopic (exact) mass is 252 g/mol. The number of anilines is 1. The Morgan fingerprint density at radius 1 is 1.29 bits per heavy atom. The summed E-state index contributed by atoms with van der Waals surface area (Å²) in [5.41, 5.74) is 2.28. The first-order chi connectivity index (χ1) is 8.09. The van der Waals surface area contributed by atoms with Gasteiger partial charge in [0.15, 0.2) is 5.11 Å². The molecule has 17 heavy (non-hydrogen) atoms. The van der Waals surface area contributed by atoms with Crippen LogP contribution in [-0.2, 0) is 0 Å². The lowest BCUT2D eigenvalue weighted by atomic mass is 10.2. The molecular formula is C13H22N3S+. The van der Waals surface area contributed by atoms with Crippen molar-refractivity contribution in [3.8, 4) is 0 Å². The lowest BCUT2D eigenvalue weighted by Gasteiger charge is -2.12. The van der Waals surface area contributed by atoms with Gasteiger partial charge in [-0.1, -0.05) is 18.2 Å². The van der Waals surface area contributed by atoms with Crippen molar-refractivity contribution in [2.45, 2.75) is 13.3 Å². The number of hydrogen-bond donors (Lipinski definition) is 3. The lowest BCUT2D eigenvalue weighted by Crippen LogP contribution is -3.05. The Morgan fingerprint density at radius 2 is 2.00 bits per heavy atom. The Hall–Kier alpha value is -1.13. The highest BCUT2D eigenvalue weighted by molar-refractivity contribution is 7.80. The molecule has 0 aromatic heterocycles. The van der Waals surface area contributed by atoms with Crippen LogP contribution in [-0.4, -0.2) is 32.3 Å². The van der Waals surface area contributed by atoms with Gasteiger partial charge in [-0.3, -0.25) is 0 Å². The SMILES string of the molecule is Cc1ccccc1NC(=S)NCCC[NH+](C)C. The smallest absolute Gasteiger partial charge is 0.170 e. The third kappa shape index (κ3) is 5.65. The predicted molar refractivity (Wildman–Crippen MR) is 77.7 cm³/mol. The van der Waals surface area contributed by atoms with Crippen molar-refractivity contribution in [3.63, 3.8) is 0 Å². The van der Waals surface area contributed by atoms with Gasteiger partial charge in [0.1, 0.15) is 0 Å². The van der Waals surface area contributed by atoms with Crippen LogP contribution >= 0.6 is 12.2 Å². The molecule has 3 nitrogen and oxygen atoms in total. The van der Waals surface area contributed by atoms with E-state index < -0.39 is 0 Å². The summed E-state index contributed by atoms with van der Waals surface area (Å²) in [5.74, 6) is 0. The number of quaternary nitrogens is 1. The van der Waals surface area contributed by atoms with E-state index in [9.17, 15) is 0 Å². The van der Waals surface area contributed by atoms with Crippen molar-refractivity contribution >= 4 is 23.0 Å². The molecule has 0 fully saturated rings. The molecule has 0 aliphatic carbocycles. The maximum atomic E-state index is 5.25. The van der Waals surface area contributed by atoms with E-state index in [2.05, 4.69) is 37.7 Å². The van der Waals surface area contributed by atoms with E-state index in [-0.39, 0.29) is 0 Å². The summed E-state index contributed by atoms with van der Waals surface area (Å²) in [6.45, 7) is 4.14. The van der Waals surface area contributed by atoms with Gasteiger partial charge in [-0.15, -0.1) is 0 Å². The van der Waals surface area contributed by atoms with Gasteiger partial charge in [-0.2, -0.15) is 0 Å². The fourth-order valence-electron chi connectivity index (χ4n) is 1.52. The van der Waals surface area contributed by atoms with E-state index in [4.69, 9.17) is 12.2 Å². The van der Waals surface area contributed by atoms with E-state index in [0.29, 0.717) is 5.11 Å². The highest BCUT2D eigenvalue weighted by Gasteiger charge is 2.00. The van der Waals surface area contributed by atoms with Gasteiger partial charge in [0, 0.05) is 18.7 Å². The van der Waals surface area contributed by atoms with Crippen molar-refractivity contribution in [1.29, 1.82) is 0 Å². The Morgan fingerprint density at radius 3 is 2.65 bits per heavy atom. The van der Waals surface area contributed by atoms with Gasteiger partial charge in [-0.25, -0.2) is 0 Å². The zero-order valence-corrected chi connectivity index (χ0v) is 11.7. The lowest BCUT2D eigenvalue weighted by molar-refractivity contribution is -0.858. The van der Waals surface area contributed by atoms with Crippen LogP contribution in [0.15, 0.2) is 24.3 Å². The van der Waals surface area contributed by atoms with Crippen LogP contribution < -0.4 is 15.5 Å². The minimum absolute atomic E-state index is 0.702. The summed E-state index contributed by atoms with van der Waals surface area (Å²) in [4.78, 5) is 1.46. The molecule has 3 N–H and O–H groups in total. The molecule has 0 bridgehead atoms. The largest absolute Gasteiger partial charge is 0.362 e. The van der Waals surface area contributed by atoms with Crippen LogP contribution in [0.1, 0.15) is 12.0 Å². The van der Waals surface area contributed by atoms with E-state index in [1.54, 1.807) is 0 Å². The normalized spacial score (nSPS) is 10.4. The number of hydrogen-bond acceptors (Lipinski definition) is 1. The molecule has 0 saturated heterocycles. The fraction of sp³-hybridized carbons (Fsp3) is 0.462. The first kappa shape index (κ1) is 13.9. The molecule has 4 heteroatoms. The van der Waals surface area contributed by atoms with E-state index in [1.165, 1.54) is 10.5 Å². The van der Waals surface area contributed by atoms with Crippen molar-refractivity contribution < 1.29 is 4.90 Å². The third-order valence-electron chi connectivity index (χ3n) is 2.53. The standard InChI is InChI=1S/C13H21N3S/c1-11-7-4-5-8-12(11)15-13(17)14-9-6-10-16(2)3/h4-5,7-8H,6,9-10H2,1-3H3,(H2,14,15,17)/p+1. The maximum Gasteiger partial charge on any atom is 0.170 e. The van der Waals surface area contributed by atoms with Crippen LogP contribution in [0.25, 0.3) is 0 Å². The molecule has 0 spiro atoms. The van der Waals surface area contributed by atoms with Crippen LogP contribution in [0.3, 0.4) is 0 Å². The zero-order chi connectivity index (χ0) is 12.7. The van der Waals surface area contributed by atoms with Crippen molar-refractivity contribution in [1.82, 2.24) is 5.32 Å². The molecule has 1 rings (SSSR count). The van der Waals surface area contributed by atoms with Gasteiger partial charge >= 0.3 is 0 Å². The summed E-state index contributed by atoms with van der Waals surface area (Å²) in [7, 11) is 4.31. The van der Waals surface area contributed by atoms with E-state index in [1.807, 2.05) is 18.2 Å². The molecule has 0 heterocycles. The Balaban J connectivity index is 2.28. The molecule has 0 atom stereocenters. The highest BCUT2D eigenvalue weighted by Crippen LogP contribution is 2.12. The molecule has 0 amide bonds. The quantitative estimate of drug-likeness (QED) is 0.535. The van der Waals surface area contributed by atoms with Crippen LogP contribution in [0.4, 0.5) is 5.69 Å². The van der Waals surface area contributed by atoms with Gasteiger partial charge in [-0.05, 0) is 30.8 Å². The number of thiocarbonyl (C=S) groups is 1. The zero-order valence-electron chi connectivity index (χ0n) is 10.8. The molecule has 1 aromatic rings. The summed E-state index contributed by atoms with van der Waals surface area (Å²) < 4.78 is 0. The second kappa shape index (κ2) is 7.25. The van der Waals surface area contributed by atoms with Gasteiger partial charge < -0.3 is 15.5 Å². The van der Waals surface area contributed by atoms with Gasteiger partial charge in [0.05, 0.1) is 20.6 Å². The number of aryl methyl sites for hydroxylation is 1. The molecule has 0 aliphatic heterocycles. The minimum Gasteiger partial charge on any atom is -0.362 e. The summed E-state index contributed by atoms with van der Waals surface area (Å²) >= 11 is 5.25. The second-order valence-corrected chi connectivity index (χ2v) is 4.91. The van der Waals surface area contributed by atoms with Crippen molar-refractivity contribution in [2.75, 3.05) is 32.5 Å². The maximum absolute atomic E-state index is 5.25. The molecular weight excluding hydrogens is 230 g/mol. The Labute approximate surface area is 109 Å². The van der Waals surface area contributed by atoms with Crippen LogP contribution in [0, 0.1) is 6.92 Å². The average Bonchev–Trinajstić information content (AvgIpc) is 2.27. The van der Waals surface area contributed by atoms with Crippen LogP contribution in [0.5, 0.6) is 0 Å². The van der Waals surface area contributed by atoms with Gasteiger partial charge in [0.25, 0.3) is 0 Å². The van der Waals surface area contributed by atoms with Crippen molar-refractivity contribution in [3.05, 3.63) is 29.8 Å². The number of benzene rings is 1. The molecule has 1 aromatic carbocycles. The Kier molecular flexibility index (Phi) is 5.94. The topological polar surface area (TPSA) is 28.5 Å². The fourth-order valence-corrected chi connectivity index (χ4v) is 1.74. The first-order valence-corrected chi connectivity index (χ1v) is 6.40. The molecule has 0 unspecified atom stereocenters. The number of rotatable bonds is 5. The summed E-state index contributed by atoms with van der Waals surface area (Å²) in [6, 6.07) is 8.14. The highest BCUT2D eigenvalue weighted by atomic mass is 32.1. The number of nitrogens with one attached hydrogen (secondary N) is 3. The molecule has 0 radical (unpaired) electrons. The van der Waals surface area contributed by atoms with Gasteiger partial charge in [0.2, 0.25) is 0 Å². The van der Waals surface area contributed by atoms with Crippen LogP contribution in [0.2, 0.25) is 0 Å². The minimum atomic E-state index is 0.702. The number of para-hydroxylation sites is 1. The Bertz CT molecular complexity index is 363. The summed E-state index contributed by atoms with van der Waals surface area (Å²) in [5, 5.41) is 7.13. The third-order valence-corrected chi connectivity index (χ3v) is 2.78.